The minimum atomic E-state index is -0.747. The molecular weight excluding hydrogens is 254 g/mol. The Morgan fingerprint density at radius 3 is 3.00 bits per heavy atom. The highest BCUT2D eigenvalue weighted by molar-refractivity contribution is 5.91. The Labute approximate surface area is 116 Å². The van der Waals surface area contributed by atoms with Crippen molar-refractivity contribution in [2.24, 2.45) is 5.73 Å². The number of pyridine rings is 1. The minimum absolute atomic E-state index is 0.360. The maximum absolute atomic E-state index is 11.5. The molecule has 6 nitrogen and oxygen atoms in total. The molecule has 1 aliphatic heterocycles. The molecular formula is C14H17N5O. The highest BCUT2D eigenvalue weighted by Gasteiger charge is 2.35. The van der Waals surface area contributed by atoms with Crippen LogP contribution in [0.15, 0.2) is 30.7 Å². The maximum Gasteiger partial charge on any atom is 0.239 e. The van der Waals surface area contributed by atoms with Gasteiger partial charge in [0, 0.05) is 30.5 Å². The van der Waals surface area contributed by atoms with Crippen molar-refractivity contribution < 1.29 is 4.79 Å². The third-order valence-electron chi connectivity index (χ3n) is 3.81. The van der Waals surface area contributed by atoms with E-state index in [9.17, 15) is 4.79 Å². The molecule has 1 aliphatic rings. The summed E-state index contributed by atoms with van der Waals surface area (Å²) in [5, 5.41) is 2.91. The van der Waals surface area contributed by atoms with E-state index >= 15 is 0 Å². The number of aromatic amines is 1. The topological polar surface area (TPSA) is 87.0 Å². The molecule has 1 amide bonds. The Kier molecular flexibility index (Phi) is 2.76. The van der Waals surface area contributed by atoms with Gasteiger partial charge in [0.1, 0.15) is 11.2 Å². The first kappa shape index (κ1) is 12.7. The van der Waals surface area contributed by atoms with Crippen LogP contribution in [0.25, 0.3) is 16.6 Å². The summed E-state index contributed by atoms with van der Waals surface area (Å²) in [4.78, 5) is 18.9. The van der Waals surface area contributed by atoms with Crippen molar-refractivity contribution in [3.63, 3.8) is 0 Å². The third kappa shape index (κ3) is 1.85. The Morgan fingerprint density at radius 2 is 2.25 bits per heavy atom. The molecule has 2 aromatic heterocycles. The molecule has 0 radical (unpaired) electrons. The predicted molar refractivity (Wildman–Crippen MR) is 77.2 cm³/mol. The molecule has 104 valence electrons. The first-order chi connectivity index (χ1) is 9.50. The van der Waals surface area contributed by atoms with E-state index in [2.05, 4.69) is 15.4 Å². The Hall–Kier alpha value is -2.34. The molecule has 20 heavy (non-hydrogen) atoms. The minimum Gasteiger partial charge on any atom is -0.368 e. The van der Waals surface area contributed by atoms with Gasteiger partial charge in [0.2, 0.25) is 5.91 Å². The van der Waals surface area contributed by atoms with Crippen molar-refractivity contribution in [1.29, 1.82) is 0 Å². The fraction of sp³-hybridized carbons (Fsp3) is 0.286. The van der Waals surface area contributed by atoms with Gasteiger partial charge in [0.05, 0.1) is 0 Å². The Morgan fingerprint density at radius 1 is 1.45 bits per heavy atom. The molecule has 0 saturated heterocycles. The van der Waals surface area contributed by atoms with Crippen LogP contribution in [0.1, 0.15) is 19.4 Å². The van der Waals surface area contributed by atoms with E-state index < -0.39 is 5.54 Å². The Bertz CT molecular complexity index is 700. The second kappa shape index (κ2) is 4.35. The average molecular weight is 271 g/mol. The molecule has 0 saturated carbocycles. The van der Waals surface area contributed by atoms with Crippen molar-refractivity contribution >= 4 is 22.5 Å². The summed E-state index contributed by atoms with van der Waals surface area (Å²) >= 11 is 0. The van der Waals surface area contributed by atoms with Crippen LogP contribution in [0, 0.1) is 0 Å². The smallest absolute Gasteiger partial charge is 0.239 e. The average Bonchev–Trinajstić information content (AvgIpc) is 3.07. The number of carbonyl (C=O) groups excluding carboxylic acids is 1. The van der Waals surface area contributed by atoms with Crippen molar-refractivity contribution in [1.82, 2.24) is 20.4 Å². The zero-order valence-electron chi connectivity index (χ0n) is 11.5. The number of nitrogens with two attached hydrogens (primary N) is 1. The SMILES string of the molecule is CC(C)(C(N)=O)N1CC(c2ccnc3[nH]ccc23)=CN1. The van der Waals surface area contributed by atoms with Gasteiger partial charge in [-0.15, -0.1) is 0 Å². The number of H-pyrrole nitrogens is 1. The van der Waals surface area contributed by atoms with E-state index in [-0.39, 0.29) is 5.91 Å². The van der Waals surface area contributed by atoms with Crippen LogP contribution in [-0.4, -0.2) is 33.0 Å². The van der Waals surface area contributed by atoms with Crippen LogP contribution in [0.2, 0.25) is 0 Å². The van der Waals surface area contributed by atoms with Crippen molar-refractivity contribution in [2.45, 2.75) is 19.4 Å². The lowest BCUT2D eigenvalue weighted by Crippen LogP contribution is -2.56. The number of aromatic nitrogens is 2. The summed E-state index contributed by atoms with van der Waals surface area (Å²) in [6, 6.07) is 3.98. The molecule has 4 N–H and O–H groups in total. The summed E-state index contributed by atoms with van der Waals surface area (Å²) in [7, 11) is 0. The van der Waals surface area contributed by atoms with Crippen LogP contribution in [0.4, 0.5) is 0 Å². The van der Waals surface area contributed by atoms with Gasteiger partial charge in [-0.2, -0.15) is 0 Å². The number of hydrogen-bond donors (Lipinski definition) is 3. The van der Waals surface area contributed by atoms with Gasteiger partial charge in [0.15, 0.2) is 0 Å². The first-order valence-electron chi connectivity index (χ1n) is 6.45. The van der Waals surface area contributed by atoms with Crippen molar-refractivity contribution in [2.75, 3.05) is 6.54 Å². The number of nitrogens with zero attached hydrogens (tertiary/aromatic N) is 2. The lowest BCUT2D eigenvalue weighted by atomic mass is 10.0. The fourth-order valence-corrected chi connectivity index (χ4v) is 2.31. The van der Waals surface area contributed by atoms with Gasteiger partial charge in [-0.1, -0.05) is 0 Å². The summed E-state index contributed by atoms with van der Waals surface area (Å²) in [6.07, 6.45) is 5.55. The molecule has 0 unspecified atom stereocenters. The second-order valence-corrected chi connectivity index (χ2v) is 5.41. The zero-order chi connectivity index (χ0) is 14.3. The van der Waals surface area contributed by atoms with Gasteiger partial charge >= 0.3 is 0 Å². The summed E-state index contributed by atoms with van der Waals surface area (Å²) in [5.74, 6) is -0.360. The van der Waals surface area contributed by atoms with Crippen LogP contribution in [-0.2, 0) is 4.79 Å². The number of hydrazine groups is 1. The van der Waals surface area contributed by atoms with Gasteiger partial charge in [-0.3, -0.25) is 4.79 Å². The number of hydrogen-bond acceptors (Lipinski definition) is 4. The van der Waals surface area contributed by atoms with Gasteiger partial charge in [-0.05, 0) is 37.1 Å². The van der Waals surface area contributed by atoms with Gasteiger partial charge in [0.25, 0.3) is 0 Å². The highest BCUT2D eigenvalue weighted by Crippen LogP contribution is 2.28. The molecule has 3 heterocycles. The zero-order valence-corrected chi connectivity index (χ0v) is 11.5. The highest BCUT2D eigenvalue weighted by atomic mass is 16.1. The van der Waals surface area contributed by atoms with E-state index in [0.29, 0.717) is 6.54 Å². The van der Waals surface area contributed by atoms with Gasteiger partial charge < -0.3 is 16.1 Å². The standard InChI is InChI=1S/C14H17N5O/c1-14(2,13(15)20)19-8-9(7-18-19)10-3-5-16-12-11(10)4-6-17-12/h3-7,18H,8H2,1-2H3,(H2,15,20)(H,16,17). The van der Waals surface area contributed by atoms with Crippen LogP contribution < -0.4 is 11.2 Å². The van der Waals surface area contributed by atoms with Crippen LogP contribution >= 0.6 is 0 Å². The molecule has 0 fully saturated rings. The van der Waals surface area contributed by atoms with E-state index in [1.54, 1.807) is 20.0 Å². The fourth-order valence-electron chi connectivity index (χ4n) is 2.31. The van der Waals surface area contributed by atoms with E-state index in [1.165, 1.54) is 0 Å². The van der Waals surface area contributed by atoms with E-state index in [4.69, 9.17) is 5.73 Å². The summed E-state index contributed by atoms with van der Waals surface area (Å²) in [6.45, 7) is 4.22. The lowest BCUT2D eigenvalue weighted by Gasteiger charge is -2.32. The van der Waals surface area contributed by atoms with Gasteiger partial charge in [-0.25, -0.2) is 9.99 Å². The normalized spacial score (nSPS) is 16.2. The largest absolute Gasteiger partial charge is 0.368 e. The van der Waals surface area contributed by atoms with E-state index in [1.807, 2.05) is 29.5 Å². The Balaban J connectivity index is 1.91. The quantitative estimate of drug-likeness (QED) is 0.777. The van der Waals surface area contributed by atoms with Crippen LogP contribution in [0.3, 0.4) is 0 Å². The van der Waals surface area contributed by atoms with E-state index in [0.717, 1.165) is 22.2 Å². The number of primary amides is 1. The molecule has 2 aromatic rings. The molecule has 0 aliphatic carbocycles. The molecule has 0 atom stereocenters. The predicted octanol–water partition coefficient (Wildman–Crippen LogP) is 0.988. The van der Waals surface area contributed by atoms with Crippen molar-refractivity contribution in [3.05, 3.63) is 36.3 Å². The summed E-state index contributed by atoms with van der Waals surface area (Å²) in [5.41, 5.74) is 10.9. The molecule has 6 heteroatoms. The summed E-state index contributed by atoms with van der Waals surface area (Å²) < 4.78 is 0. The lowest BCUT2D eigenvalue weighted by molar-refractivity contribution is -0.129. The third-order valence-corrected chi connectivity index (χ3v) is 3.81. The second-order valence-electron chi connectivity index (χ2n) is 5.41. The maximum atomic E-state index is 11.5. The number of amides is 1. The number of fused-ring (bicyclic) bond motifs is 1. The first-order valence-corrected chi connectivity index (χ1v) is 6.45. The van der Waals surface area contributed by atoms with Crippen molar-refractivity contribution in [3.8, 4) is 0 Å². The molecule has 3 rings (SSSR count). The number of nitrogens with one attached hydrogen (secondary N) is 2. The molecule has 0 spiro atoms. The monoisotopic (exact) mass is 271 g/mol. The molecule has 0 aromatic carbocycles. The van der Waals surface area contributed by atoms with Crippen LogP contribution in [0.5, 0.6) is 0 Å². The molecule has 0 bridgehead atoms. The number of carbonyl (C=O) groups is 1. The number of rotatable bonds is 3.